The predicted octanol–water partition coefficient (Wildman–Crippen LogP) is 0.250. The van der Waals surface area contributed by atoms with Crippen molar-refractivity contribution >= 4 is 5.91 Å². The van der Waals surface area contributed by atoms with Crippen molar-refractivity contribution in [3.8, 4) is 11.5 Å². The molecule has 6 nitrogen and oxygen atoms in total. The Morgan fingerprint density at radius 3 is 2.89 bits per heavy atom. The van der Waals surface area contributed by atoms with Crippen molar-refractivity contribution in [3.63, 3.8) is 0 Å². The largest absolute Gasteiger partial charge is 0.508 e. The molecule has 6 heteroatoms. The van der Waals surface area contributed by atoms with Gasteiger partial charge in [-0.1, -0.05) is 0 Å². The lowest BCUT2D eigenvalue weighted by Crippen LogP contribution is -2.26. The van der Waals surface area contributed by atoms with E-state index in [0.29, 0.717) is 18.7 Å². The number of rotatable bonds is 7. The lowest BCUT2D eigenvalue weighted by atomic mass is 10.1. The van der Waals surface area contributed by atoms with Gasteiger partial charge in [0.1, 0.15) is 18.1 Å². The van der Waals surface area contributed by atoms with E-state index >= 15 is 0 Å². The Bertz CT molecular complexity index is 409. The number of primary amides is 1. The van der Waals surface area contributed by atoms with E-state index < -0.39 is 5.91 Å². The normalized spacial score (nSPS) is 12.3. The van der Waals surface area contributed by atoms with Crippen LogP contribution in [0.4, 0.5) is 0 Å². The van der Waals surface area contributed by atoms with Crippen molar-refractivity contribution in [2.24, 2.45) is 5.73 Å². The molecule has 5 N–H and O–H groups in total. The summed E-state index contributed by atoms with van der Waals surface area (Å²) in [5, 5.41) is 22.1. The molecule has 0 heterocycles. The van der Waals surface area contributed by atoms with Crippen LogP contribution in [0.15, 0.2) is 18.2 Å². The van der Waals surface area contributed by atoms with Crippen molar-refractivity contribution in [3.05, 3.63) is 23.8 Å². The van der Waals surface area contributed by atoms with Gasteiger partial charge in [-0.2, -0.15) is 0 Å². The fourth-order valence-corrected chi connectivity index (χ4v) is 1.52. The van der Waals surface area contributed by atoms with Crippen LogP contribution in [0.2, 0.25) is 0 Å². The first-order valence-electron chi connectivity index (χ1n) is 5.62. The Balaban J connectivity index is 2.38. The van der Waals surface area contributed by atoms with Crippen molar-refractivity contribution in [2.75, 3.05) is 19.8 Å². The number of carbonyl (C=O) groups is 1. The summed E-state index contributed by atoms with van der Waals surface area (Å²) in [6, 6.07) is 4.21. The van der Waals surface area contributed by atoms with Gasteiger partial charge < -0.3 is 26.0 Å². The summed E-state index contributed by atoms with van der Waals surface area (Å²) >= 11 is 0. The van der Waals surface area contributed by atoms with Gasteiger partial charge in [-0.05, 0) is 25.1 Å². The Morgan fingerprint density at radius 2 is 2.22 bits per heavy atom. The summed E-state index contributed by atoms with van der Waals surface area (Å²) in [7, 11) is 0. The summed E-state index contributed by atoms with van der Waals surface area (Å²) in [4.78, 5) is 10.4. The minimum absolute atomic E-state index is 0.0985. The molecule has 0 fully saturated rings. The molecule has 1 aromatic carbocycles. The van der Waals surface area contributed by atoms with Crippen molar-refractivity contribution in [1.82, 2.24) is 5.32 Å². The number of phenols is 2. The van der Waals surface area contributed by atoms with E-state index in [1.54, 1.807) is 0 Å². The Morgan fingerprint density at radius 1 is 1.50 bits per heavy atom. The van der Waals surface area contributed by atoms with Gasteiger partial charge in [-0.25, -0.2) is 0 Å². The van der Waals surface area contributed by atoms with Gasteiger partial charge in [0, 0.05) is 18.2 Å². The van der Waals surface area contributed by atoms with E-state index in [1.807, 2.05) is 6.92 Å². The quantitative estimate of drug-likeness (QED) is 0.412. The molecule has 100 valence electrons. The maximum Gasteiger partial charge on any atom is 0.243 e. The molecule has 0 aliphatic heterocycles. The van der Waals surface area contributed by atoms with Gasteiger partial charge in [0.2, 0.25) is 5.91 Å². The van der Waals surface area contributed by atoms with E-state index in [-0.39, 0.29) is 24.1 Å². The standard InChI is InChI=1S/C12H18N2O4/c1-8(14-4-5-18-7-12(13)17)10-6-9(15)2-3-11(10)16/h2-3,6,8,14-16H,4-5,7H2,1H3,(H2,13,17). The molecule has 0 spiro atoms. The van der Waals surface area contributed by atoms with E-state index in [4.69, 9.17) is 10.5 Å². The number of carbonyl (C=O) groups excluding carboxylic acids is 1. The number of aromatic hydroxyl groups is 2. The van der Waals surface area contributed by atoms with Gasteiger partial charge in [-0.15, -0.1) is 0 Å². The molecule has 18 heavy (non-hydrogen) atoms. The van der Waals surface area contributed by atoms with Crippen LogP contribution in [0.5, 0.6) is 11.5 Å². The Kier molecular flexibility index (Phi) is 5.41. The van der Waals surface area contributed by atoms with E-state index in [0.717, 1.165) is 0 Å². The number of phenolic OH excluding ortho intramolecular Hbond substituents is 2. The Labute approximate surface area is 105 Å². The monoisotopic (exact) mass is 254 g/mol. The minimum Gasteiger partial charge on any atom is -0.508 e. The van der Waals surface area contributed by atoms with Gasteiger partial charge in [0.05, 0.1) is 6.61 Å². The molecule has 0 aromatic heterocycles. The topological polar surface area (TPSA) is 105 Å². The summed E-state index contributed by atoms with van der Waals surface area (Å²) in [5.41, 5.74) is 5.52. The molecule has 0 saturated carbocycles. The number of amides is 1. The van der Waals surface area contributed by atoms with E-state index in [9.17, 15) is 15.0 Å². The third-order valence-corrected chi connectivity index (χ3v) is 2.42. The average Bonchev–Trinajstić information content (AvgIpc) is 2.31. The molecule has 1 rings (SSSR count). The van der Waals surface area contributed by atoms with Crippen LogP contribution in [0, 0.1) is 0 Å². The highest BCUT2D eigenvalue weighted by atomic mass is 16.5. The van der Waals surface area contributed by atoms with Crippen molar-refractivity contribution in [2.45, 2.75) is 13.0 Å². The lowest BCUT2D eigenvalue weighted by Gasteiger charge is -2.15. The molecular weight excluding hydrogens is 236 g/mol. The van der Waals surface area contributed by atoms with E-state index in [1.165, 1.54) is 18.2 Å². The van der Waals surface area contributed by atoms with Crippen molar-refractivity contribution < 1.29 is 19.7 Å². The molecule has 0 bridgehead atoms. The highest BCUT2D eigenvalue weighted by Gasteiger charge is 2.10. The number of nitrogens with two attached hydrogens (primary N) is 1. The van der Waals surface area contributed by atoms with E-state index in [2.05, 4.69) is 5.32 Å². The first kappa shape index (κ1) is 14.3. The molecule has 1 unspecified atom stereocenters. The minimum atomic E-state index is -0.506. The lowest BCUT2D eigenvalue weighted by molar-refractivity contribution is -0.122. The van der Waals surface area contributed by atoms with Crippen LogP contribution >= 0.6 is 0 Å². The van der Waals surface area contributed by atoms with Crippen molar-refractivity contribution in [1.29, 1.82) is 0 Å². The third-order valence-electron chi connectivity index (χ3n) is 2.42. The predicted molar refractivity (Wildman–Crippen MR) is 66.2 cm³/mol. The highest BCUT2D eigenvalue weighted by molar-refractivity contribution is 5.74. The molecule has 0 radical (unpaired) electrons. The van der Waals surface area contributed by atoms with Crippen LogP contribution in [0.3, 0.4) is 0 Å². The molecule has 1 atom stereocenters. The molecular formula is C12H18N2O4. The zero-order valence-electron chi connectivity index (χ0n) is 10.2. The molecule has 1 aromatic rings. The number of hydrogen-bond acceptors (Lipinski definition) is 5. The number of ether oxygens (including phenoxy) is 1. The van der Waals surface area contributed by atoms with Gasteiger partial charge in [0.15, 0.2) is 0 Å². The summed E-state index contributed by atoms with van der Waals surface area (Å²) in [5.74, 6) is -0.291. The molecule has 0 saturated heterocycles. The molecule has 0 aliphatic rings. The first-order chi connectivity index (χ1) is 8.50. The summed E-state index contributed by atoms with van der Waals surface area (Å²) in [6.45, 7) is 2.59. The second-order valence-corrected chi connectivity index (χ2v) is 3.94. The van der Waals surface area contributed by atoms with Gasteiger partial charge in [-0.3, -0.25) is 4.79 Å². The zero-order chi connectivity index (χ0) is 13.5. The third kappa shape index (κ3) is 4.60. The SMILES string of the molecule is CC(NCCOCC(N)=O)c1cc(O)ccc1O. The smallest absolute Gasteiger partial charge is 0.243 e. The van der Waals surface area contributed by atoms with Crippen LogP contribution < -0.4 is 11.1 Å². The van der Waals surface area contributed by atoms with Crippen LogP contribution in [-0.4, -0.2) is 35.9 Å². The maximum absolute atomic E-state index is 10.4. The number of hydrogen-bond donors (Lipinski definition) is 4. The maximum atomic E-state index is 10.4. The highest BCUT2D eigenvalue weighted by Crippen LogP contribution is 2.27. The van der Waals surface area contributed by atoms with Crippen LogP contribution in [0.25, 0.3) is 0 Å². The molecule has 0 aliphatic carbocycles. The Hall–Kier alpha value is -1.79. The molecule has 1 amide bonds. The van der Waals surface area contributed by atoms with Gasteiger partial charge >= 0.3 is 0 Å². The fourth-order valence-electron chi connectivity index (χ4n) is 1.52. The average molecular weight is 254 g/mol. The summed E-state index contributed by atoms with van der Waals surface area (Å²) in [6.07, 6.45) is 0. The number of nitrogens with one attached hydrogen (secondary N) is 1. The zero-order valence-corrected chi connectivity index (χ0v) is 10.2. The summed E-state index contributed by atoms with van der Waals surface area (Å²) < 4.78 is 4.99. The van der Waals surface area contributed by atoms with Crippen LogP contribution in [-0.2, 0) is 9.53 Å². The van der Waals surface area contributed by atoms with Gasteiger partial charge in [0.25, 0.3) is 0 Å². The second-order valence-electron chi connectivity index (χ2n) is 3.94. The van der Waals surface area contributed by atoms with Crippen LogP contribution in [0.1, 0.15) is 18.5 Å². The fraction of sp³-hybridized carbons (Fsp3) is 0.417. The first-order valence-corrected chi connectivity index (χ1v) is 5.62. The second kappa shape index (κ2) is 6.83. The number of benzene rings is 1.